The van der Waals surface area contributed by atoms with E-state index < -0.39 is 12.2 Å². The Morgan fingerprint density at radius 1 is 0.897 bits per heavy atom. The fourth-order valence-corrected chi connectivity index (χ4v) is 6.33. The summed E-state index contributed by atoms with van der Waals surface area (Å²) in [4.78, 5) is 12.9. The quantitative estimate of drug-likeness (QED) is 0.329. The zero-order chi connectivity index (χ0) is 20.9. The predicted molar refractivity (Wildman–Crippen MR) is 126 cm³/mol. The highest BCUT2D eigenvalue weighted by Crippen LogP contribution is 2.46. The van der Waals surface area contributed by atoms with Crippen molar-refractivity contribution >= 4 is 40.3 Å². The van der Waals surface area contributed by atoms with E-state index in [4.69, 9.17) is 21.3 Å². The maximum atomic E-state index is 12.9. The lowest BCUT2D eigenvalue weighted by Gasteiger charge is -2.20. The van der Waals surface area contributed by atoms with Crippen LogP contribution in [-0.4, -0.2) is 18.3 Å². The van der Waals surface area contributed by atoms with E-state index in [0.717, 1.165) is 27.3 Å². The van der Waals surface area contributed by atoms with Crippen LogP contribution in [-0.2, 0) is 21.3 Å². The molecule has 0 bridgehead atoms. The molecule has 3 aromatic carbocycles. The molecule has 0 aliphatic carbocycles. The Kier molecular flexibility index (Phi) is 6.79. The van der Waals surface area contributed by atoms with Gasteiger partial charge in [0.1, 0.15) is 6.19 Å². The number of ether oxygens (including phenoxy) is 1. The number of carbonyl (C=O) groups excluding carboxylic acids is 1. The Morgan fingerprint density at radius 3 is 1.83 bits per heavy atom. The Morgan fingerprint density at radius 2 is 1.38 bits per heavy atom. The molecule has 3 nitrogen and oxygen atoms in total. The van der Waals surface area contributed by atoms with Gasteiger partial charge in [-0.2, -0.15) is 0 Å². The minimum absolute atomic E-state index is 0.280. The predicted octanol–water partition coefficient (Wildman–Crippen LogP) is 4.70. The van der Waals surface area contributed by atoms with Gasteiger partial charge in [0.15, 0.2) is 5.71 Å². The third-order valence-corrected chi connectivity index (χ3v) is 8.40. The van der Waals surface area contributed by atoms with Crippen LogP contribution in [0.3, 0.4) is 0 Å². The van der Waals surface area contributed by atoms with Crippen LogP contribution in [0.4, 0.5) is 0 Å². The number of carbonyl (C=O) groups is 1. The topological polar surface area (TPSA) is 38.7 Å². The van der Waals surface area contributed by atoms with E-state index in [0.29, 0.717) is 0 Å². The molecule has 29 heavy (non-hydrogen) atoms. The van der Waals surface area contributed by atoms with Crippen molar-refractivity contribution < 1.29 is 9.53 Å². The number of aryl methyl sites for hydroxylation is 2. The van der Waals surface area contributed by atoms with Crippen molar-refractivity contribution in [3.8, 4) is 0 Å². The van der Waals surface area contributed by atoms with Gasteiger partial charge in [-0.1, -0.05) is 89.7 Å². The van der Waals surface area contributed by atoms with Crippen LogP contribution in [0.1, 0.15) is 23.6 Å². The van der Waals surface area contributed by atoms with Gasteiger partial charge in [0, 0.05) is 16.2 Å². The summed E-state index contributed by atoms with van der Waals surface area (Å²) >= 11 is 6.20. The fraction of sp³-hybridized carbons (Fsp3) is 0.167. The molecule has 0 saturated heterocycles. The lowest BCUT2D eigenvalue weighted by molar-refractivity contribution is -0.134. The van der Waals surface area contributed by atoms with Crippen LogP contribution >= 0.6 is 6.19 Å². The van der Waals surface area contributed by atoms with Gasteiger partial charge < -0.3 is 4.74 Å². The summed E-state index contributed by atoms with van der Waals surface area (Å²) in [5.41, 5.74) is 3.14. The van der Waals surface area contributed by atoms with Crippen LogP contribution in [0.25, 0.3) is 0 Å². The van der Waals surface area contributed by atoms with E-state index in [1.807, 2.05) is 86.6 Å². The van der Waals surface area contributed by atoms with Crippen LogP contribution in [0, 0.1) is 13.8 Å². The van der Waals surface area contributed by atoms with Gasteiger partial charge in [0.25, 0.3) is 0 Å². The maximum absolute atomic E-state index is 12.9. The normalized spacial score (nSPS) is 11.9. The first kappa shape index (κ1) is 21.2. The van der Waals surface area contributed by atoms with Gasteiger partial charge in [0.05, 0.1) is 6.61 Å². The van der Waals surface area contributed by atoms with Gasteiger partial charge in [-0.15, -0.1) is 0 Å². The molecule has 5 heteroatoms. The standard InChI is InChI=1S/C24H24NO2PS/c1-4-27-24(26)23(20-16-18(2)15-19(3)17-20)25-28(29,21-11-7-5-8-12-21)22-13-9-6-10-14-22/h5-17H,4H2,1-3H3/b25-23+. The first-order chi connectivity index (χ1) is 13.9. The molecule has 0 aromatic heterocycles. The second-order valence-corrected chi connectivity index (χ2v) is 10.8. The lowest BCUT2D eigenvalue weighted by atomic mass is 10.0. The third-order valence-electron chi connectivity index (χ3n) is 4.42. The van der Waals surface area contributed by atoms with Crippen molar-refractivity contribution in [1.82, 2.24) is 0 Å². The number of hydrogen-bond donors (Lipinski definition) is 0. The van der Waals surface area contributed by atoms with Crippen molar-refractivity contribution in [2.75, 3.05) is 6.61 Å². The number of hydrogen-bond acceptors (Lipinski definition) is 3. The van der Waals surface area contributed by atoms with Gasteiger partial charge in [-0.25, -0.2) is 9.56 Å². The molecule has 0 aliphatic heterocycles. The van der Waals surface area contributed by atoms with Gasteiger partial charge in [-0.3, -0.25) is 0 Å². The number of nitrogens with zero attached hydrogens (tertiary/aromatic N) is 1. The molecule has 0 unspecified atom stereocenters. The van der Waals surface area contributed by atoms with Crippen LogP contribution < -0.4 is 10.6 Å². The number of benzene rings is 3. The Balaban J connectivity index is 2.28. The molecule has 0 spiro atoms. The second kappa shape index (κ2) is 9.30. The zero-order valence-corrected chi connectivity index (χ0v) is 18.5. The maximum Gasteiger partial charge on any atom is 0.357 e. The molecule has 0 saturated carbocycles. The molecule has 0 heterocycles. The Bertz CT molecular complexity index is 1010. The van der Waals surface area contributed by atoms with Gasteiger partial charge in [-0.05, 0) is 32.9 Å². The summed E-state index contributed by atoms with van der Waals surface area (Å²) in [6.45, 7) is 6.08. The fourth-order valence-electron chi connectivity index (χ4n) is 3.19. The molecule has 0 aliphatic rings. The van der Waals surface area contributed by atoms with E-state index >= 15 is 0 Å². The Hall–Kier alpha value is -2.55. The van der Waals surface area contributed by atoms with Crippen molar-refractivity contribution in [2.24, 2.45) is 4.76 Å². The van der Waals surface area contributed by atoms with E-state index in [2.05, 4.69) is 6.07 Å². The van der Waals surface area contributed by atoms with Gasteiger partial charge in [0.2, 0.25) is 0 Å². The minimum Gasteiger partial charge on any atom is -0.461 e. The molecule has 3 rings (SSSR count). The highest BCUT2D eigenvalue weighted by Gasteiger charge is 2.26. The highest BCUT2D eigenvalue weighted by atomic mass is 32.4. The van der Waals surface area contributed by atoms with E-state index in [-0.39, 0.29) is 12.3 Å². The van der Waals surface area contributed by atoms with E-state index in [1.54, 1.807) is 6.92 Å². The summed E-state index contributed by atoms with van der Waals surface area (Å²) < 4.78 is 10.3. The molecule has 0 amide bonds. The zero-order valence-electron chi connectivity index (χ0n) is 16.8. The second-order valence-electron chi connectivity index (χ2n) is 6.79. The van der Waals surface area contributed by atoms with Crippen LogP contribution in [0.15, 0.2) is 83.6 Å². The first-order valence-electron chi connectivity index (χ1n) is 9.51. The highest BCUT2D eigenvalue weighted by molar-refractivity contribution is 8.21. The SMILES string of the molecule is CCOC(=O)/C(=N/P(=S)(c1ccccc1)c1ccccc1)c1cc(C)cc(C)c1. The average Bonchev–Trinajstić information content (AvgIpc) is 2.72. The smallest absolute Gasteiger partial charge is 0.357 e. The lowest BCUT2D eigenvalue weighted by Crippen LogP contribution is -2.22. The molecular formula is C24H24NO2PS. The molecule has 0 fully saturated rings. The van der Waals surface area contributed by atoms with Crippen molar-refractivity contribution in [1.29, 1.82) is 0 Å². The number of esters is 1. The minimum atomic E-state index is -2.63. The summed E-state index contributed by atoms with van der Waals surface area (Å²) in [5, 5.41) is 1.87. The van der Waals surface area contributed by atoms with Crippen molar-refractivity contribution in [2.45, 2.75) is 20.8 Å². The van der Waals surface area contributed by atoms with E-state index in [9.17, 15) is 4.79 Å². The summed E-state index contributed by atoms with van der Waals surface area (Å²) in [7, 11) is 0. The third kappa shape index (κ3) is 4.90. The molecule has 0 atom stereocenters. The largest absolute Gasteiger partial charge is 0.461 e. The Labute approximate surface area is 177 Å². The van der Waals surface area contributed by atoms with Crippen LogP contribution in [0.2, 0.25) is 0 Å². The van der Waals surface area contributed by atoms with Gasteiger partial charge >= 0.3 is 5.97 Å². The number of rotatable bonds is 6. The van der Waals surface area contributed by atoms with Crippen molar-refractivity contribution in [3.05, 3.63) is 95.6 Å². The van der Waals surface area contributed by atoms with Crippen LogP contribution in [0.5, 0.6) is 0 Å². The average molecular weight is 422 g/mol. The summed E-state index contributed by atoms with van der Waals surface area (Å²) in [6, 6.07) is 25.7. The summed E-state index contributed by atoms with van der Waals surface area (Å²) in [5.74, 6) is -0.446. The molecule has 148 valence electrons. The summed E-state index contributed by atoms with van der Waals surface area (Å²) in [6.07, 6.45) is -2.63. The monoisotopic (exact) mass is 421 g/mol. The molecular weight excluding hydrogens is 397 g/mol. The van der Waals surface area contributed by atoms with Crippen molar-refractivity contribution in [3.63, 3.8) is 0 Å². The molecule has 0 radical (unpaired) electrons. The molecule has 3 aromatic rings. The molecule has 0 N–H and O–H groups in total. The van der Waals surface area contributed by atoms with E-state index in [1.165, 1.54) is 0 Å². The first-order valence-corrected chi connectivity index (χ1v) is 12.3.